The maximum Gasteiger partial charge on any atom is 0.435 e. The molecular formula is C16H9ClF3N3OS. The largest absolute Gasteiger partial charge is 0.435 e. The van der Waals surface area contributed by atoms with Gasteiger partial charge in [-0.1, -0.05) is 48.0 Å². The second-order valence-corrected chi connectivity index (χ2v) is 6.25. The molecule has 0 aliphatic rings. The van der Waals surface area contributed by atoms with E-state index >= 15 is 0 Å². The van der Waals surface area contributed by atoms with E-state index in [9.17, 15) is 18.0 Å². The number of carbonyl (C=O) groups excluding carboxylic acids is 1. The zero-order valence-electron chi connectivity index (χ0n) is 12.3. The van der Waals surface area contributed by atoms with Gasteiger partial charge in [-0.2, -0.15) is 13.2 Å². The first-order chi connectivity index (χ1) is 11.8. The van der Waals surface area contributed by atoms with Gasteiger partial charge in [0.2, 0.25) is 0 Å². The molecule has 1 amide bonds. The average Bonchev–Trinajstić information content (AvgIpc) is 3.01. The minimum atomic E-state index is -4.75. The number of aromatic nitrogens is 2. The molecule has 0 aliphatic heterocycles. The van der Waals surface area contributed by atoms with E-state index in [1.807, 2.05) is 0 Å². The highest BCUT2D eigenvalue weighted by Crippen LogP contribution is 2.38. The number of alkyl halides is 3. The van der Waals surface area contributed by atoms with Crippen LogP contribution < -0.4 is 5.32 Å². The standard InChI is InChI=1S/C16H9ClF3N3OS/c17-10-7-4-8-11(21-10)22-14(24)12-13(16(18,19)20)23-15(25-12)9-5-2-1-3-6-9/h1-8H,(H,21,22,24). The molecule has 3 aromatic rings. The van der Waals surface area contributed by atoms with E-state index in [0.29, 0.717) is 16.9 Å². The van der Waals surface area contributed by atoms with Crippen LogP contribution in [0.15, 0.2) is 48.5 Å². The lowest BCUT2D eigenvalue weighted by Gasteiger charge is -2.06. The van der Waals surface area contributed by atoms with Crippen LogP contribution in [0.25, 0.3) is 10.6 Å². The number of benzene rings is 1. The Morgan fingerprint density at radius 1 is 1.04 bits per heavy atom. The number of anilines is 1. The summed E-state index contributed by atoms with van der Waals surface area (Å²) >= 11 is 6.38. The van der Waals surface area contributed by atoms with E-state index in [1.165, 1.54) is 18.2 Å². The summed E-state index contributed by atoms with van der Waals surface area (Å²) in [5, 5.41) is 2.53. The van der Waals surface area contributed by atoms with Crippen LogP contribution >= 0.6 is 22.9 Å². The highest BCUT2D eigenvalue weighted by molar-refractivity contribution is 7.17. The number of nitrogens with zero attached hydrogens (tertiary/aromatic N) is 2. The van der Waals surface area contributed by atoms with E-state index in [1.54, 1.807) is 30.3 Å². The number of amides is 1. The number of carbonyl (C=O) groups is 1. The monoisotopic (exact) mass is 383 g/mol. The van der Waals surface area contributed by atoms with Gasteiger partial charge in [0.15, 0.2) is 5.69 Å². The van der Waals surface area contributed by atoms with Gasteiger partial charge in [0.05, 0.1) is 0 Å². The van der Waals surface area contributed by atoms with Gasteiger partial charge in [-0.05, 0) is 12.1 Å². The summed E-state index contributed by atoms with van der Waals surface area (Å²) in [6.45, 7) is 0. The predicted molar refractivity (Wildman–Crippen MR) is 89.8 cm³/mol. The van der Waals surface area contributed by atoms with Crippen molar-refractivity contribution >= 4 is 34.7 Å². The van der Waals surface area contributed by atoms with Gasteiger partial charge in [-0.25, -0.2) is 9.97 Å². The van der Waals surface area contributed by atoms with Crippen LogP contribution in [0.4, 0.5) is 19.0 Å². The Hall–Kier alpha value is -2.45. The fourth-order valence-corrected chi connectivity index (χ4v) is 3.17. The maximum atomic E-state index is 13.3. The van der Waals surface area contributed by atoms with Crippen molar-refractivity contribution in [1.82, 2.24) is 9.97 Å². The number of thiazole rings is 1. The molecule has 0 unspecified atom stereocenters. The smallest absolute Gasteiger partial charge is 0.306 e. The summed E-state index contributed by atoms with van der Waals surface area (Å²) in [4.78, 5) is 19.2. The van der Waals surface area contributed by atoms with E-state index in [2.05, 4.69) is 15.3 Å². The second-order valence-electron chi connectivity index (χ2n) is 4.86. The number of pyridine rings is 1. The Bertz CT molecular complexity index is 912. The van der Waals surface area contributed by atoms with Crippen molar-refractivity contribution in [2.45, 2.75) is 6.18 Å². The lowest BCUT2D eigenvalue weighted by Crippen LogP contribution is -2.17. The molecule has 2 aromatic heterocycles. The van der Waals surface area contributed by atoms with Crippen molar-refractivity contribution in [2.75, 3.05) is 5.32 Å². The van der Waals surface area contributed by atoms with Crippen LogP contribution in [0.2, 0.25) is 5.15 Å². The zero-order valence-corrected chi connectivity index (χ0v) is 13.9. The molecule has 9 heteroatoms. The maximum absolute atomic E-state index is 13.3. The molecule has 1 aromatic carbocycles. The van der Waals surface area contributed by atoms with Crippen LogP contribution in [-0.4, -0.2) is 15.9 Å². The van der Waals surface area contributed by atoms with Crippen LogP contribution in [0.3, 0.4) is 0 Å². The molecule has 4 nitrogen and oxygen atoms in total. The molecule has 0 bridgehead atoms. The third-order valence-corrected chi connectivity index (χ3v) is 4.39. The minimum Gasteiger partial charge on any atom is -0.306 e. The summed E-state index contributed by atoms with van der Waals surface area (Å²) in [6.07, 6.45) is -4.75. The molecule has 0 spiro atoms. The Balaban J connectivity index is 1.99. The second kappa shape index (κ2) is 6.81. The van der Waals surface area contributed by atoms with Gasteiger partial charge in [-0.3, -0.25) is 4.79 Å². The van der Waals surface area contributed by atoms with E-state index < -0.39 is 22.7 Å². The topological polar surface area (TPSA) is 54.9 Å². The molecule has 2 heterocycles. The highest BCUT2D eigenvalue weighted by atomic mass is 35.5. The van der Waals surface area contributed by atoms with Crippen molar-refractivity contribution in [3.8, 4) is 10.6 Å². The molecule has 0 atom stereocenters. The fraction of sp³-hybridized carbons (Fsp3) is 0.0625. The normalized spacial score (nSPS) is 11.4. The van der Waals surface area contributed by atoms with Gasteiger partial charge in [0.25, 0.3) is 5.91 Å². The van der Waals surface area contributed by atoms with Crippen LogP contribution in [0.1, 0.15) is 15.4 Å². The Labute approximate surface area is 149 Å². The first-order valence-electron chi connectivity index (χ1n) is 6.92. The Kier molecular flexibility index (Phi) is 4.73. The third kappa shape index (κ3) is 3.97. The van der Waals surface area contributed by atoms with Gasteiger partial charge >= 0.3 is 6.18 Å². The van der Waals surface area contributed by atoms with Crippen molar-refractivity contribution in [3.05, 3.63) is 64.3 Å². The molecule has 1 N–H and O–H groups in total. The van der Waals surface area contributed by atoms with Gasteiger partial charge in [0.1, 0.15) is 20.9 Å². The lowest BCUT2D eigenvalue weighted by molar-refractivity contribution is -0.140. The molecule has 3 rings (SSSR count). The van der Waals surface area contributed by atoms with Crippen molar-refractivity contribution in [3.63, 3.8) is 0 Å². The molecule has 0 saturated carbocycles. The summed E-state index contributed by atoms with van der Waals surface area (Å²) < 4.78 is 39.8. The molecule has 0 fully saturated rings. The van der Waals surface area contributed by atoms with Gasteiger partial charge < -0.3 is 5.32 Å². The zero-order chi connectivity index (χ0) is 18.0. The van der Waals surface area contributed by atoms with Crippen molar-refractivity contribution in [2.24, 2.45) is 0 Å². The summed E-state index contributed by atoms with van der Waals surface area (Å²) in [6, 6.07) is 12.8. The minimum absolute atomic E-state index is 0.0558. The molecule has 0 radical (unpaired) electrons. The van der Waals surface area contributed by atoms with Gasteiger partial charge in [-0.15, -0.1) is 11.3 Å². The number of hydrogen-bond acceptors (Lipinski definition) is 4. The molecule has 25 heavy (non-hydrogen) atoms. The summed E-state index contributed by atoms with van der Waals surface area (Å²) in [5.41, 5.74) is -0.728. The lowest BCUT2D eigenvalue weighted by atomic mass is 10.2. The van der Waals surface area contributed by atoms with E-state index in [-0.39, 0.29) is 16.0 Å². The fourth-order valence-electron chi connectivity index (χ4n) is 2.02. The van der Waals surface area contributed by atoms with Crippen molar-refractivity contribution in [1.29, 1.82) is 0 Å². The van der Waals surface area contributed by atoms with E-state index in [4.69, 9.17) is 11.6 Å². The Morgan fingerprint density at radius 3 is 2.40 bits per heavy atom. The van der Waals surface area contributed by atoms with Crippen LogP contribution in [0.5, 0.6) is 0 Å². The number of halogens is 4. The average molecular weight is 384 g/mol. The summed E-state index contributed by atoms with van der Waals surface area (Å²) in [5.74, 6) is -0.887. The van der Waals surface area contributed by atoms with Gasteiger partial charge in [0, 0.05) is 5.56 Å². The SMILES string of the molecule is O=C(Nc1cccc(Cl)n1)c1sc(-c2ccccc2)nc1C(F)(F)F. The van der Waals surface area contributed by atoms with E-state index in [0.717, 1.165) is 0 Å². The molecular weight excluding hydrogens is 375 g/mol. The summed E-state index contributed by atoms with van der Waals surface area (Å²) in [7, 11) is 0. The number of hydrogen-bond donors (Lipinski definition) is 1. The molecule has 128 valence electrons. The highest BCUT2D eigenvalue weighted by Gasteiger charge is 2.39. The molecule has 0 saturated heterocycles. The molecule has 0 aliphatic carbocycles. The quantitative estimate of drug-likeness (QED) is 0.638. The first-order valence-corrected chi connectivity index (χ1v) is 8.11. The Morgan fingerprint density at radius 2 is 1.76 bits per heavy atom. The number of nitrogens with one attached hydrogen (secondary N) is 1. The third-order valence-electron chi connectivity index (χ3n) is 3.08. The van der Waals surface area contributed by atoms with Crippen LogP contribution in [0, 0.1) is 0 Å². The first kappa shape index (κ1) is 17.4. The van der Waals surface area contributed by atoms with Crippen LogP contribution in [-0.2, 0) is 6.18 Å². The number of rotatable bonds is 3. The predicted octanol–water partition coefficient (Wildman–Crippen LogP) is 5.13. The van der Waals surface area contributed by atoms with Crippen molar-refractivity contribution < 1.29 is 18.0 Å².